The van der Waals surface area contributed by atoms with Gasteiger partial charge in [-0.3, -0.25) is 10.1 Å². The van der Waals surface area contributed by atoms with Crippen molar-refractivity contribution < 1.29 is 19.4 Å². The minimum atomic E-state index is -0.911. The zero-order valence-corrected chi connectivity index (χ0v) is 11.3. The Balaban J connectivity index is 1.77. The lowest BCUT2D eigenvalue weighted by atomic mass is 10.1. The Labute approximate surface area is 122 Å². The molecule has 0 bridgehead atoms. The minimum absolute atomic E-state index is 0.202. The lowest BCUT2D eigenvalue weighted by Crippen LogP contribution is -2.28. The summed E-state index contributed by atoms with van der Waals surface area (Å²) in [5.74, 6) is 0.467. The molecule has 0 amide bonds. The first-order chi connectivity index (χ1) is 10.3. The summed E-state index contributed by atoms with van der Waals surface area (Å²) < 4.78 is 10.7. The number of carboxylic acids is 1. The van der Waals surface area contributed by atoms with Crippen LogP contribution in [-0.4, -0.2) is 17.9 Å². The highest BCUT2D eigenvalue weighted by Crippen LogP contribution is 2.35. The van der Waals surface area contributed by atoms with E-state index in [1.165, 1.54) is 0 Å². The molecule has 1 unspecified atom stereocenters. The van der Waals surface area contributed by atoms with Crippen molar-refractivity contribution >= 4 is 5.97 Å². The van der Waals surface area contributed by atoms with Crippen molar-refractivity contribution in [2.75, 3.05) is 6.79 Å². The molecule has 108 valence electrons. The first-order valence-electron chi connectivity index (χ1n) is 6.64. The van der Waals surface area contributed by atoms with Crippen LogP contribution in [0.2, 0.25) is 0 Å². The van der Waals surface area contributed by atoms with Crippen LogP contribution in [0.15, 0.2) is 48.5 Å². The number of carbonyl (C=O) groups is 1. The summed E-state index contributed by atoms with van der Waals surface area (Å²) >= 11 is 0. The molecule has 5 heteroatoms. The van der Waals surface area contributed by atoms with Crippen molar-refractivity contribution in [3.8, 4) is 11.5 Å². The van der Waals surface area contributed by atoms with Crippen LogP contribution in [0.25, 0.3) is 0 Å². The van der Waals surface area contributed by atoms with E-state index in [9.17, 15) is 9.90 Å². The summed E-state index contributed by atoms with van der Waals surface area (Å²) in [6.07, 6.45) is 0. The zero-order valence-electron chi connectivity index (χ0n) is 11.3. The fourth-order valence-electron chi connectivity index (χ4n) is 2.34. The van der Waals surface area contributed by atoms with E-state index < -0.39 is 12.0 Å². The summed E-state index contributed by atoms with van der Waals surface area (Å²) in [7, 11) is 0. The molecule has 0 radical (unpaired) electrons. The largest absolute Gasteiger partial charge is 0.480 e. The lowest BCUT2D eigenvalue weighted by molar-refractivity contribution is -0.139. The highest BCUT2D eigenvalue weighted by atomic mass is 16.7. The highest BCUT2D eigenvalue weighted by Gasteiger charge is 2.21. The number of rotatable bonds is 5. The molecule has 1 aliphatic heterocycles. The molecule has 5 nitrogen and oxygen atoms in total. The van der Waals surface area contributed by atoms with Gasteiger partial charge in [-0.05, 0) is 11.6 Å². The molecule has 0 aliphatic carbocycles. The van der Waals surface area contributed by atoms with Crippen LogP contribution in [0.3, 0.4) is 0 Å². The Morgan fingerprint density at radius 3 is 2.71 bits per heavy atom. The molecule has 2 aromatic carbocycles. The number of fused-ring (bicyclic) bond motifs is 1. The highest BCUT2D eigenvalue weighted by molar-refractivity contribution is 5.75. The van der Waals surface area contributed by atoms with Crippen LogP contribution in [-0.2, 0) is 11.3 Å². The van der Waals surface area contributed by atoms with E-state index in [-0.39, 0.29) is 6.79 Å². The second-order valence-corrected chi connectivity index (χ2v) is 4.71. The Morgan fingerprint density at radius 1 is 1.14 bits per heavy atom. The number of hydrogen-bond acceptors (Lipinski definition) is 4. The predicted octanol–water partition coefficient (Wildman–Crippen LogP) is 2.33. The molecule has 0 aromatic heterocycles. The third-order valence-electron chi connectivity index (χ3n) is 3.35. The van der Waals surface area contributed by atoms with E-state index in [0.717, 1.165) is 11.1 Å². The Morgan fingerprint density at radius 2 is 1.95 bits per heavy atom. The monoisotopic (exact) mass is 285 g/mol. The van der Waals surface area contributed by atoms with Gasteiger partial charge >= 0.3 is 5.97 Å². The van der Waals surface area contributed by atoms with Gasteiger partial charge in [0.15, 0.2) is 11.5 Å². The van der Waals surface area contributed by atoms with Crippen LogP contribution in [0, 0.1) is 0 Å². The van der Waals surface area contributed by atoms with Crippen molar-refractivity contribution in [3.63, 3.8) is 0 Å². The fourth-order valence-corrected chi connectivity index (χ4v) is 2.34. The van der Waals surface area contributed by atoms with Gasteiger partial charge in [0.2, 0.25) is 6.79 Å². The maximum Gasteiger partial charge on any atom is 0.325 e. The average molecular weight is 285 g/mol. The number of nitrogens with one attached hydrogen (secondary N) is 1. The molecule has 1 aliphatic rings. The maximum atomic E-state index is 11.4. The van der Waals surface area contributed by atoms with Gasteiger partial charge in [-0.2, -0.15) is 0 Å². The van der Waals surface area contributed by atoms with Crippen LogP contribution >= 0.6 is 0 Å². The zero-order chi connectivity index (χ0) is 14.7. The third kappa shape index (κ3) is 2.83. The number of ether oxygens (including phenoxy) is 2. The lowest BCUT2D eigenvalue weighted by Gasteiger charge is -2.15. The van der Waals surface area contributed by atoms with Crippen molar-refractivity contribution in [3.05, 3.63) is 59.7 Å². The van der Waals surface area contributed by atoms with Crippen LogP contribution in [0.4, 0.5) is 0 Å². The number of aliphatic carboxylic acids is 1. The van der Waals surface area contributed by atoms with Crippen LogP contribution in [0.5, 0.6) is 11.5 Å². The topological polar surface area (TPSA) is 67.8 Å². The van der Waals surface area contributed by atoms with Crippen LogP contribution in [0.1, 0.15) is 17.2 Å². The van der Waals surface area contributed by atoms with Gasteiger partial charge in [0, 0.05) is 12.1 Å². The molecule has 3 rings (SSSR count). The second kappa shape index (κ2) is 5.85. The normalized spacial score (nSPS) is 13.9. The van der Waals surface area contributed by atoms with Gasteiger partial charge < -0.3 is 14.6 Å². The molecule has 1 atom stereocenters. The van der Waals surface area contributed by atoms with E-state index in [2.05, 4.69) is 5.32 Å². The fraction of sp³-hybridized carbons (Fsp3) is 0.188. The summed E-state index contributed by atoms with van der Waals surface area (Å²) in [6, 6.07) is 13.9. The van der Waals surface area contributed by atoms with E-state index in [1.807, 2.05) is 36.4 Å². The number of benzene rings is 2. The van der Waals surface area contributed by atoms with E-state index in [4.69, 9.17) is 9.47 Å². The SMILES string of the molecule is O=C(O)C(NCc1cccc2c1OCO2)c1ccccc1. The van der Waals surface area contributed by atoms with Crippen molar-refractivity contribution in [2.45, 2.75) is 12.6 Å². The van der Waals surface area contributed by atoms with Crippen molar-refractivity contribution in [1.82, 2.24) is 5.32 Å². The van der Waals surface area contributed by atoms with Gasteiger partial charge in [0.25, 0.3) is 0 Å². The Hall–Kier alpha value is -2.53. The molecule has 21 heavy (non-hydrogen) atoms. The standard InChI is InChI=1S/C16H15NO4/c18-16(19)14(11-5-2-1-3-6-11)17-9-12-7-4-8-13-15(12)21-10-20-13/h1-8,14,17H,9-10H2,(H,18,19). The molecule has 0 spiro atoms. The van der Waals surface area contributed by atoms with E-state index >= 15 is 0 Å². The van der Waals surface area contributed by atoms with E-state index in [0.29, 0.717) is 18.0 Å². The van der Waals surface area contributed by atoms with Gasteiger partial charge in [0.1, 0.15) is 6.04 Å². The molecular formula is C16H15NO4. The Kier molecular flexibility index (Phi) is 3.75. The quantitative estimate of drug-likeness (QED) is 0.882. The van der Waals surface area contributed by atoms with Gasteiger partial charge in [-0.1, -0.05) is 42.5 Å². The molecule has 2 aromatic rings. The minimum Gasteiger partial charge on any atom is -0.480 e. The van der Waals surface area contributed by atoms with Gasteiger partial charge in [0.05, 0.1) is 0 Å². The molecule has 1 heterocycles. The summed E-state index contributed by atoms with van der Waals surface area (Å²) in [5.41, 5.74) is 1.60. The molecule has 2 N–H and O–H groups in total. The van der Waals surface area contributed by atoms with Crippen LogP contribution < -0.4 is 14.8 Å². The second-order valence-electron chi connectivity index (χ2n) is 4.71. The maximum absolute atomic E-state index is 11.4. The summed E-state index contributed by atoms with van der Waals surface area (Å²) in [5, 5.41) is 12.4. The van der Waals surface area contributed by atoms with E-state index in [1.54, 1.807) is 12.1 Å². The number of para-hydroxylation sites is 1. The summed E-state index contributed by atoms with van der Waals surface area (Å²) in [4.78, 5) is 11.4. The van der Waals surface area contributed by atoms with Gasteiger partial charge in [-0.25, -0.2) is 0 Å². The third-order valence-corrected chi connectivity index (χ3v) is 3.35. The van der Waals surface area contributed by atoms with Crippen molar-refractivity contribution in [2.24, 2.45) is 0 Å². The molecule has 0 saturated carbocycles. The number of hydrogen-bond donors (Lipinski definition) is 2. The number of carboxylic acid groups (broad SMARTS) is 1. The first kappa shape index (κ1) is 13.5. The summed E-state index contributed by atoms with van der Waals surface area (Å²) in [6.45, 7) is 0.589. The van der Waals surface area contributed by atoms with Gasteiger partial charge in [-0.15, -0.1) is 0 Å². The van der Waals surface area contributed by atoms with Crippen molar-refractivity contribution in [1.29, 1.82) is 0 Å². The molecule has 0 fully saturated rings. The molecular weight excluding hydrogens is 270 g/mol. The molecule has 0 saturated heterocycles. The Bertz CT molecular complexity index is 642. The predicted molar refractivity (Wildman–Crippen MR) is 76.2 cm³/mol. The first-order valence-corrected chi connectivity index (χ1v) is 6.64. The average Bonchev–Trinajstić information content (AvgIpc) is 2.97. The smallest absolute Gasteiger partial charge is 0.325 e.